The minimum Gasteiger partial charge on any atom is -0.383 e. The SMILES string of the molecule is O=C1C(O)CCN1Cc1ccccc1[N+](=O)[O-]. The van der Waals surface area contributed by atoms with E-state index in [0.29, 0.717) is 18.5 Å². The number of rotatable bonds is 3. The summed E-state index contributed by atoms with van der Waals surface area (Å²) in [6, 6.07) is 6.31. The van der Waals surface area contributed by atoms with Gasteiger partial charge in [-0.1, -0.05) is 18.2 Å². The van der Waals surface area contributed by atoms with Gasteiger partial charge in [0.2, 0.25) is 0 Å². The van der Waals surface area contributed by atoms with E-state index in [1.54, 1.807) is 18.2 Å². The van der Waals surface area contributed by atoms with Gasteiger partial charge in [-0.2, -0.15) is 0 Å². The van der Waals surface area contributed by atoms with Gasteiger partial charge >= 0.3 is 0 Å². The van der Waals surface area contributed by atoms with Gasteiger partial charge in [-0.3, -0.25) is 14.9 Å². The third-order valence-electron chi connectivity index (χ3n) is 2.82. The summed E-state index contributed by atoms with van der Waals surface area (Å²) in [7, 11) is 0. The molecule has 90 valence electrons. The number of nitrogens with zero attached hydrogens (tertiary/aromatic N) is 2. The van der Waals surface area contributed by atoms with Crippen LogP contribution in [0.15, 0.2) is 24.3 Å². The summed E-state index contributed by atoms with van der Waals surface area (Å²) in [4.78, 5) is 23.3. The van der Waals surface area contributed by atoms with E-state index >= 15 is 0 Å². The van der Waals surface area contributed by atoms with Gasteiger partial charge in [0.15, 0.2) is 0 Å². The number of aliphatic hydroxyl groups is 1. The molecule has 1 aromatic rings. The van der Waals surface area contributed by atoms with Gasteiger partial charge in [-0.05, 0) is 6.42 Å². The van der Waals surface area contributed by atoms with E-state index in [-0.39, 0.29) is 18.1 Å². The van der Waals surface area contributed by atoms with E-state index in [1.165, 1.54) is 11.0 Å². The standard InChI is InChI=1S/C11H12N2O4/c14-10-5-6-12(11(10)15)7-8-3-1-2-4-9(8)13(16)17/h1-4,10,14H,5-7H2. The lowest BCUT2D eigenvalue weighted by Gasteiger charge is -2.15. The highest BCUT2D eigenvalue weighted by molar-refractivity contribution is 5.82. The fourth-order valence-corrected chi connectivity index (χ4v) is 1.91. The highest BCUT2D eigenvalue weighted by Gasteiger charge is 2.30. The third kappa shape index (κ3) is 2.26. The normalized spacial score (nSPS) is 19.7. The van der Waals surface area contributed by atoms with Crippen molar-refractivity contribution in [3.05, 3.63) is 39.9 Å². The summed E-state index contributed by atoms with van der Waals surface area (Å²) in [6.07, 6.45) is -0.572. The molecule has 2 rings (SSSR count). The second-order valence-corrected chi connectivity index (χ2v) is 3.95. The second kappa shape index (κ2) is 4.50. The first-order valence-electron chi connectivity index (χ1n) is 5.28. The number of carbonyl (C=O) groups is 1. The van der Waals surface area contributed by atoms with Crippen LogP contribution < -0.4 is 0 Å². The molecule has 1 atom stereocenters. The molecule has 0 radical (unpaired) electrons. The zero-order valence-electron chi connectivity index (χ0n) is 9.07. The molecule has 6 nitrogen and oxygen atoms in total. The van der Waals surface area contributed by atoms with E-state index in [9.17, 15) is 20.0 Å². The largest absolute Gasteiger partial charge is 0.383 e. The smallest absolute Gasteiger partial charge is 0.274 e. The van der Waals surface area contributed by atoms with Crippen LogP contribution in [0.4, 0.5) is 5.69 Å². The van der Waals surface area contributed by atoms with Gasteiger partial charge in [0.25, 0.3) is 11.6 Å². The number of aliphatic hydroxyl groups excluding tert-OH is 1. The highest BCUT2D eigenvalue weighted by atomic mass is 16.6. The van der Waals surface area contributed by atoms with E-state index in [1.807, 2.05) is 0 Å². The third-order valence-corrected chi connectivity index (χ3v) is 2.82. The Kier molecular flexibility index (Phi) is 3.06. The average molecular weight is 236 g/mol. The zero-order chi connectivity index (χ0) is 12.4. The highest BCUT2D eigenvalue weighted by Crippen LogP contribution is 2.22. The summed E-state index contributed by atoms with van der Waals surface area (Å²) in [5.74, 6) is -0.358. The Bertz CT molecular complexity index is 461. The lowest BCUT2D eigenvalue weighted by molar-refractivity contribution is -0.385. The number of likely N-dealkylation sites (tertiary alicyclic amines) is 1. The molecule has 0 spiro atoms. The predicted molar refractivity (Wildman–Crippen MR) is 59.1 cm³/mol. The van der Waals surface area contributed by atoms with Crippen LogP contribution in [0.1, 0.15) is 12.0 Å². The van der Waals surface area contributed by atoms with E-state index < -0.39 is 11.0 Å². The van der Waals surface area contributed by atoms with Crippen LogP contribution in [-0.2, 0) is 11.3 Å². The lowest BCUT2D eigenvalue weighted by Crippen LogP contribution is -2.29. The molecule has 6 heteroatoms. The summed E-state index contributed by atoms with van der Waals surface area (Å²) in [5.41, 5.74) is 0.488. The van der Waals surface area contributed by atoms with Crippen LogP contribution in [-0.4, -0.2) is 33.5 Å². The number of benzene rings is 1. The van der Waals surface area contributed by atoms with Crippen LogP contribution in [0.2, 0.25) is 0 Å². The van der Waals surface area contributed by atoms with Crippen LogP contribution >= 0.6 is 0 Å². The minimum atomic E-state index is -0.960. The molecule has 1 fully saturated rings. The van der Waals surface area contributed by atoms with Crippen molar-refractivity contribution in [1.29, 1.82) is 0 Å². The molecule has 1 N–H and O–H groups in total. The van der Waals surface area contributed by atoms with E-state index in [4.69, 9.17) is 0 Å². The molecule has 1 aliphatic heterocycles. The fourth-order valence-electron chi connectivity index (χ4n) is 1.91. The molecule has 1 aliphatic rings. The van der Waals surface area contributed by atoms with Crippen LogP contribution in [0.25, 0.3) is 0 Å². The molecule has 1 unspecified atom stereocenters. The Balaban J connectivity index is 2.19. The van der Waals surface area contributed by atoms with E-state index in [2.05, 4.69) is 0 Å². The van der Waals surface area contributed by atoms with Gasteiger partial charge in [0, 0.05) is 18.2 Å². The fraction of sp³-hybridized carbons (Fsp3) is 0.364. The molecule has 1 saturated heterocycles. The summed E-state index contributed by atoms with van der Waals surface area (Å²) < 4.78 is 0. The molecule has 1 heterocycles. The Morgan fingerprint density at radius 2 is 2.18 bits per heavy atom. The Morgan fingerprint density at radius 3 is 2.76 bits per heavy atom. The molecule has 1 amide bonds. The molecule has 0 saturated carbocycles. The number of nitro benzene ring substituents is 1. The summed E-state index contributed by atoms with van der Waals surface area (Å²) in [5, 5.41) is 20.1. The van der Waals surface area contributed by atoms with Gasteiger partial charge in [0.05, 0.1) is 11.5 Å². The van der Waals surface area contributed by atoms with Crippen molar-refractivity contribution in [1.82, 2.24) is 4.90 Å². The van der Waals surface area contributed by atoms with Gasteiger partial charge < -0.3 is 10.0 Å². The summed E-state index contributed by atoms with van der Waals surface area (Å²) >= 11 is 0. The molecule has 1 aromatic carbocycles. The Labute approximate surface area is 97.6 Å². The Morgan fingerprint density at radius 1 is 1.47 bits per heavy atom. The minimum absolute atomic E-state index is 0.00156. The Hall–Kier alpha value is -1.95. The van der Waals surface area contributed by atoms with Crippen molar-refractivity contribution in [3.63, 3.8) is 0 Å². The first-order valence-corrected chi connectivity index (χ1v) is 5.28. The maximum absolute atomic E-state index is 11.5. The van der Waals surface area contributed by atoms with Gasteiger partial charge in [0.1, 0.15) is 6.10 Å². The molecular weight excluding hydrogens is 224 g/mol. The quantitative estimate of drug-likeness (QED) is 0.618. The van der Waals surface area contributed by atoms with Gasteiger partial charge in [-0.25, -0.2) is 0 Å². The maximum Gasteiger partial charge on any atom is 0.274 e. The average Bonchev–Trinajstić information content (AvgIpc) is 2.61. The molecular formula is C11H12N2O4. The zero-order valence-corrected chi connectivity index (χ0v) is 9.07. The van der Waals surface area contributed by atoms with Crippen LogP contribution in [0.5, 0.6) is 0 Å². The topological polar surface area (TPSA) is 83.7 Å². The number of amides is 1. The van der Waals surface area contributed by atoms with Crippen LogP contribution in [0, 0.1) is 10.1 Å². The molecule has 17 heavy (non-hydrogen) atoms. The summed E-state index contributed by atoms with van der Waals surface area (Å²) in [6.45, 7) is 0.610. The van der Waals surface area contributed by atoms with Crippen LogP contribution in [0.3, 0.4) is 0 Å². The van der Waals surface area contributed by atoms with Crippen molar-refractivity contribution >= 4 is 11.6 Å². The molecule has 0 bridgehead atoms. The van der Waals surface area contributed by atoms with Crippen molar-refractivity contribution in [2.45, 2.75) is 19.1 Å². The number of para-hydroxylation sites is 1. The maximum atomic E-state index is 11.5. The monoisotopic (exact) mass is 236 g/mol. The van der Waals surface area contributed by atoms with Crippen molar-refractivity contribution in [2.24, 2.45) is 0 Å². The van der Waals surface area contributed by atoms with Gasteiger partial charge in [-0.15, -0.1) is 0 Å². The second-order valence-electron chi connectivity index (χ2n) is 3.95. The molecule has 0 aliphatic carbocycles. The number of hydrogen-bond donors (Lipinski definition) is 1. The predicted octanol–water partition coefficient (Wildman–Crippen LogP) is 0.688. The number of nitro groups is 1. The first-order chi connectivity index (χ1) is 8.09. The van der Waals surface area contributed by atoms with Crippen molar-refractivity contribution < 1.29 is 14.8 Å². The van der Waals surface area contributed by atoms with Crippen molar-refractivity contribution in [2.75, 3.05) is 6.54 Å². The molecule has 0 aromatic heterocycles. The first kappa shape index (κ1) is 11.5. The lowest BCUT2D eigenvalue weighted by atomic mass is 10.1. The van der Waals surface area contributed by atoms with Crippen molar-refractivity contribution in [3.8, 4) is 0 Å². The van der Waals surface area contributed by atoms with E-state index in [0.717, 1.165) is 0 Å². The number of hydrogen-bond acceptors (Lipinski definition) is 4. The number of carbonyl (C=O) groups excluding carboxylic acids is 1.